The van der Waals surface area contributed by atoms with Crippen LogP contribution in [-0.4, -0.2) is 15.0 Å². The summed E-state index contributed by atoms with van der Waals surface area (Å²) in [7, 11) is 0. The Morgan fingerprint density at radius 3 is 1.93 bits per heavy atom. The van der Waals surface area contributed by atoms with Gasteiger partial charge in [0.2, 0.25) is 0 Å². The molecule has 0 bridgehead atoms. The van der Waals surface area contributed by atoms with E-state index in [1.54, 1.807) is 22.7 Å². The molecule has 4 nitrogen and oxygen atoms in total. The van der Waals surface area contributed by atoms with E-state index in [2.05, 4.69) is 158 Å². The number of hydrogen-bond acceptors (Lipinski definition) is 6. The van der Waals surface area contributed by atoms with E-state index in [0.29, 0.717) is 23.9 Å². The molecule has 6 heteroatoms. The summed E-state index contributed by atoms with van der Waals surface area (Å²) in [4.78, 5) is 17.1. The van der Waals surface area contributed by atoms with Gasteiger partial charge in [0.05, 0.1) is 0 Å². The third-order valence-electron chi connectivity index (χ3n) is 10.8. The van der Waals surface area contributed by atoms with Crippen molar-refractivity contribution in [2.75, 3.05) is 0 Å². The summed E-state index contributed by atoms with van der Waals surface area (Å²) in [5, 5.41) is 5.68. The SMILES string of the molecule is C=Cc1c(/C=C\Cc2ccc3oc4ccccc4c3c2-c2nc(-c3ccc(-c4ccccc4)cc3)nc(-c3ccc4sc5ccccc5c4c3)n2)sc2ccccc12. The van der Waals surface area contributed by atoms with E-state index in [1.165, 1.54) is 35.1 Å². The van der Waals surface area contributed by atoms with Gasteiger partial charge >= 0.3 is 0 Å². The molecule has 0 N–H and O–H groups in total. The van der Waals surface area contributed by atoms with Crippen LogP contribution in [0.4, 0.5) is 0 Å². The second kappa shape index (κ2) is 14.2. The molecule has 0 aliphatic heterocycles. The molecule has 11 aromatic rings. The van der Waals surface area contributed by atoms with Gasteiger partial charge in [-0.15, -0.1) is 22.7 Å². The molecule has 4 heterocycles. The van der Waals surface area contributed by atoms with Crippen molar-refractivity contribution in [3.8, 4) is 45.3 Å². The smallest absolute Gasteiger partial charge is 0.165 e. The molecule has 11 rings (SSSR count). The lowest BCUT2D eigenvalue weighted by Crippen LogP contribution is -2.02. The normalized spacial score (nSPS) is 11.9. The molecule has 0 atom stereocenters. The van der Waals surface area contributed by atoms with Crippen molar-refractivity contribution in [1.82, 2.24) is 15.0 Å². The standard InChI is InChI=1S/C52H33N3OS2/c1-2-37-38-16-7-10-20-45(38)57-44(37)22-12-15-34-27-29-43-49(40-18-6-9-19-42(40)56-43)48(34)52-54-50(35-25-23-33(24-26-35)32-13-4-3-5-14-32)53-51(55-52)36-28-30-47-41(31-36)39-17-8-11-21-46(39)58-47/h2-14,16-31H,1,15H2/b22-12-. The molecule has 274 valence electrons. The number of allylic oxidation sites excluding steroid dienone is 1. The van der Waals surface area contributed by atoms with Gasteiger partial charge in [-0.2, -0.15) is 0 Å². The molecule has 0 amide bonds. The van der Waals surface area contributed by atoms with Gasteiger partial charge in [-0.05, 0) is 77.2 Å². The molecule has 4 aromatic heterocycles. The highest BCUT2D eigenvalue weighted by Gasteiger charge is 2.21. The highest BCUT2D eigenvalue weighted by atomic mass is 32.1. The highest BCUT2D eigenvalue weighted by molar-refractivity contribution is 7.25. The molecule has 0 saturated carbocycles. The van der Waals surface area contributed by atoms with Crippen molar-refractivity contribution in [3.63, 3.8) is 0 Å². The van der Waals surface area contributed by atoms with Gasteiger partial charge in [-0.3, -0.25) is 0 Å². The number of furan rings is 1. The number of fused-ring (bicyclic) bond motifs is 7. The predicted octanol–water partition coefficient (Wildman–Crippen LogP) is 14.9. The molecule has 0 aliphatic rings. The molecule has 58 heavy (non-hydrogen) atoms. The van der Waals surface area contributed by atoms with Gasteiger partial charge in [0.1, 0.15) is 11.2 Å². The van der Waals surface area contributed by atoms with Crippen LogP contribution in [-0.2, 0) is 6.42 Å². The van der Waals surface area contributed by atoms with E-state index < -0.39 is 0 Å². The molecular formula is C52H33N3OS2. The zero-order chi connectivity index (χ0) is 38.6. The predicted molar refractivity (Wildman–Crippen MR) is 246 cm³/mol. The lowest BCUT2D eigenvalue weighted by Gasteiger charge is -2.13. The van der Waals surface area contributed by atoms with E-state index in [-0.39, 0.29) is 0 Å². The van der Waals surface area contributed by atoms with Gasteiger partial charge < -0.3 is 4.42 Å². The van der Waals surface area contributed by atoms with Crippen LogP contribution in [0, 0.1) is 0 Å². The van der Waals surface area contributed by atoms with Crippen LogP contribution in [0.25, 0.3) is 110 Å². The average Bonchev–Trinajstić information content (AvgIpc) is 3.97. The van der Waals surface area contributed by atoms with Crippen LogP contribution in [0.5, 0.6) is 0 Å². The molecule has 0 aliphatic carbocycles. The van der Waals surface area contributed by atoms with Crippen molar-refractivity contribution in [2.24, 2.45) is 0 Å². The van der Waals surface area contributed by atoms with Crippen LogP contribution >= 0.6 is 22.7 Å². The van der Waals surface area contributed by atoms with E-state index in [9.17, 15) is 0 Å². The monoisotopic (exact) mass is 779 g/mol. The second-order valence-corrected chi connectivity index (χ2v) is 16.5. The average molecular weight is 780 g/mol. The quantitative estimate of drug-likeness (QED) is 0.154. The fraction of sp³-hybridized carbons (Fsp3) is 0.0192. The number of nitrogens with zero attached hydrogens (tertiary/aromatic N) is 3. The Morgan fingerprint density at radius 1 is 0.500 bits per heavy atom. The Kier molecular flexibility index (Phi) is 8.38. The Hall–Kier alpha value is -6.99. The maximum Gasteiger partial charge on any atom is 0.165 e. The number of hydrogen-bond donors (Lipinski definition) is 0. The zero-order valence-corrected chi connectivity index (χ0v) is 32.9. The third kappa shape index (κ3) is 5.93. The van der Waals surface area contributed by atoms with Gasteiger partial charge in [0.15, 0.2) is 17.5 Å². The van der Waals surface area contributed by atoms with E-state index in [4.69, 9.17) is 19.4 Å². The molecular weight excluding hydrogens is 747 g/mol. The van der Waals surface area contributed by atoms with Crippen molar-refractivity contribution in [2.45, 2.75) is 6.42 Å². The number of para-hydroxylation sites is 1. The topological polar surface area (TPSA) is 51.8 Å². The second-order valence-electron chi connectivity index (χ2n) is 14.3. The van der Waals surface area contributed by atoms with Crippen LogP contribution in [0.2, 0.25) is 0 Å². The number of thiophene rings is 2. The Labute approximate surface area is 342 Å². The van der Waals surface area contributed by atoms with Crippen LogP contribution < -0.4 is 0 Å². The molecule has 0 radical (unpaired) electrons. The van der Waals surface area contributed by atoms with Crippen LogP contribution in [0.3, 0.4) is 0 Å². The minimum Gasteiger partial charge on any atom is -0.456 e. The zero-order valence-electron chi connectivity index (χ0n) is 31.2. The molecule has 0 fully saturated rings. The lowest BCUT2D eigenvalue weighted by molar-refractivity contribution is 0.669. The summed E-state index contributed by atoms with van der Waals surface area (Å²) in [6, 6.07) is 55.0. The number of benzene rings is 7. The highest BCUT2D eigenvalue weighted by Crippen LogP contribution is 2.41. The first-order valence-electron chi connectivity index (χ1n) is 19.3. The molecule has 7 aromatic carbocycles. The maximum atomic E-state index is 6.48. The minimum atomic E-state index is 0.608. The maximum absolute atomic E-state index is 6.48. The largest absolute Gasteiger partial charge is 0.456 e. The van der Waals surface area contributed by atoms with Gasteiger partial charge in [-0.25, -0.2) is 15.0 Å². The number of aromatic nitrogens is 3. The van der Waals surface area contributed by atoms with E-state index >= 15 is 0 Å². The van der Waals surface area contributed by atoms with E-state index in [1.807, 2.05) is 24.3 Å². The first-order chi connectivity index (χ1) is 28.7. The summed E-state index contributed by atoms with van der Waals surface area (Å²) >= 11 is 3.59. The van der Waals surface area contributed by atoms with Gasteiger partial charge in [0.25, 0.3) is 0 Å². The molecule has 0 saturated heterocycles. The van der Waals surface area contributed by atoms with Gasteiger partial charge in [-0.1, -0.05) is 134 Å². The summed E-state index contributed by atoms with van der Waals surface area (Å²) in [5.41, 5.74) is 8.98. The first-order valence-corrected chi connectivity index (χ1v) is 20.9. The lowest BCUT2D eigenvalue weighted by atomic mass is 9.97. The first kappa shape index (κ1) is 34.3. The molecule has 0 unspecified atom stereocenters. The summed E-state index contributed by atoms with van der Waals surface area (Å²) < 4.78 is 10.2. The van der Waals surface area contributed by atoms with Crippen molar-refractivity contribution in [1.29, 1.82) is 0 Å². The fourth-order valence-electron chi connectivity index (χ4n) is 8.05. The minimum absolute atomic E-state index is 0.608. The van der Waals surface area contributed by atoms with Crippen molar-refractivity contribution in [3.05, 3.63) is 186 Å². The molecule has 0 spiro atoms. The van der Waals surface area contributed by atoms with Crippen molar-refractivity contribution >= 4 is 87.0 Å². The summed E-state index contributed by atoms with van der Waals surface area (Å²) in [6.07, 6.45) is 7.09. The summed E-state index contributed by atoms with van der Waals surface area (Å²) in [5.74, 6) is 1.84. The Morgan fingerprint density at radius 2 is 1.12 bits per heavy atom. The number of rotatable bonds is 8. The van der Waals surface area contributed by atoms with E-state index in [0.717, 1.165) is 60.9 Å². The van der Waals surface area contributed by atoms with Crippen LogP contribution in [0.1, 0.15) is 16.0 Å². The summed E-state index contributed by atoms with van der Waals surface area (Å²) in [6.45, 7) is 4.15. The fourth-order valence-corrected chi connectivity index (χ4v) is 10.3. The van der Waals surface area contributed by atoms with Gasteiger partial charge in [0, 0.05) is 62.6 Å². The van der Waals surface area contributed by atoms with Crippen molar-refractivity contribution < 1.29 is 4.42 Å². The Bertz CT molecular complexity index is 3390. The Balaban J connectivity index is 1.11. The van der Waals surface area contributed by atoms with Crippen LogP contribution in [0.15, 0.2) is 175 Å². The third-order valence-corrected chi connectivity index (χ3v) is 13.2.